The maximum absolute atomic E-state index is 12.2. The Kier molecular flexibility index (Phi) is 7.45. The molecule has 2 fully saturated rings. The van der Waals surface area contributed by atoms with Crippen molar-refractivity contribution in [2.75, 3.05) is 46.4 Å². The van der Waals surface area contributed by atoms with E-state index in [1.165, 1.54) is 0 Å². The van der Waals surface area contributed by atoms with Crippen molar-refractivity contribution < 1.29 is 14.3 Å². The summed E-state index contributed by atoms with van der Waals surface area (Å²) in [6.07, 6.45) is 3.06. The number of carbonyl (C=O) groups is 2. The van der Waals surface area contributed by atoms with Gasteiger partial charge in [-0.3, -0.25) is 19.4 Å². The van der Waals surface area contributed by atoms with Crippen molar-refractivity contribution in [3.8, 4) is 0 Å². The highest BCUT2D eigenvalue weighted by molar-refractivity contribution is 5.82. The molecule has 0 bridgehead atoms. The van der Waals surface area contributed by atoms with Crippen LogP contribution in [0, 0.1) is 0 Å². The number of hydrogen-bond donors (Lipinski definition) is 2. The fourth-order valence-electron chi connectivity index (χ4n) is 2.97. The van der Waals surface area contributed by atoms with E-state index in [0.717, 1.165) is 45.4 Å². The van der Waals surface area contributed by atoms with Crippen molar-refractivity contribution in [1.29, 1.82) is 0 Å². The normalized spacial score (nSPS) is 22.0. The fraction of sp³-hybridized carbons (Fsp3) is 0.882. The molecule has 0 radical (unpaired) electrons. The summed E-state index contributed by atoms with van der Waals surface area (Å²) in [5.41, 5.74) is 0. The lowest BCUT2D eigenvalue weighted by molar-refractivity contribution is -0.129. The maximum Gasteiger partial charge on any atom is 0.237 e. The van der Waals surface area contributed by atoms with Crippen LogP contribution in [0.2, 0.25) is 0 Å². The summed E-state index contributed by atoms with van der Waals surface area (Å²) in [5.74, 6) is 0.203. The van der Waals surface area contributed by atoms with Gasteiger partial charge in [0.1, 0.15) is 0 Å². The molecule has 1 heterocycles. The predicted octanol–water partition coefficient (Wildman–Crippen LogP) is -0.188. The number of hydrogen-bond acceptors (Lipinski definition) is 5. The van der Waals surface area contributed by atoms with Crippen LogP contribution in [-0.4, -0.2) is 86.2 Å². The van der Waals surface area contributed by atoms with E-state index in [1.807, 2.05) is 13.8 Å². The Balaban J connectivity index is 1.68. The van der Waals surface area contributed by atoms with Gasteiger partial charge in [-0.05, 0) is 33.1 Å². The van der Waals surface area contributed by atoms with Gasteiger partial charge in [0, 0.05) is 52.5 Å². The zero-order valence-corrected chi connectivity index (χ0v) is 15.2. The van der Waals surface area contributed by atoms with Crippen molar-refractivity contribution >= 4 is 11.8 Å². The van der Waals surface area contributed by atoms with E-state index in [1.54, 1.807) is 7.11 Å². The van der Waals surface area contributed by atoms with E-state index in [-0.39, 0.29) is 23.9 Å². The molecule has 2 amide bonds. The molecule has 7 heteroatoms. The molecule has 7 nitrogen and oxygen atoms in total. The number of nitrogens with one attached hydrogen (secondary N) is 2. The summed E-state index contributed by atoms with van der Waals surface area (Å²) in [5, 5.41) is 6.02. The highest BCUT2D eigenvalue weighted by Crippen LogP contribution is 2.19. The molecule has 138 valence electrons. The number of rotatable bonds is 9. The second-order valence-corrected chi connectivity index (χ2v) is 6.84. The van der Waals surface area contributed by atoms with Crippen LogP contribution in [0.3, 0.4) is 0 Å². The molecule has 0 spiro atoms. The van der Waals surface area contributed by atoms with Gasteiger partial charge in [-0.25, -0.2) is 0 Å². The van der Waals surface area contributed by atoms with Crippen molar-refractivity contribution in [2.24, 2.45) is 0 Å². The molecule has 2 aliphatic rings. The molecule has 0 aromatic rings. The Hall–Kier alpha value is -1.18. The Morgan fingerprint density at radius 3 is 2.08 bits per heavy atom. The van der Waals surface area contributed by atoms with E-state index in [0.29, 0.717) is 19.2 Å². The highest BCUT2D eigenvalue weighted by atomic mass is 16.5. The van der Waals surface area contributed by atoms with Crippen molar-refractivity contribution in [1.82, 2.24) is 20.4 Å². The number of ether oxygens (including phenoxy) is 1. The molecular weight excluding hydrogens is 308 g/mol. The third kappa shape index (κ3) is 5.72. The summed E-state index contributed by atoms with van der Waals surface area (Å²) in [6.45, 7) is 8.50. The zero-order chi connectivity index (χ0) is 17.5. The molecule has 0 aromatic heterocycles. The molecule has 2 atom stereocenters. The van der Waals surface area contributed by atoms with Crippen molar-refractivity contribution in [2.45, 2.75) is 51.2 Å². The lowest BCUT2D eigenvalue weighted by Crippen LogP contribution is -2.57. The van der Waals surface area contributed by atoms with Gasteiger partial charge in [0.15, 0.2) is 0 Å². The molecular formula is C17H32N4O3. The highest BCUT2D eigenvalue weighted by Gasteiger charge is 2.31. The first-order valence-electron chi connectivity index (χ1n) is 9.08. The average Bonchev–Trinajstić information content (AvgIpc) is 3.41. The lowest BCUT2D eigenvalue weighted by Gasteiger charge is -2.39. The van der Waals surface area contributed by atoms with Crippen molar-refractivity contribution in [3.05, 3.63) is 0 Å². The van der Waals surface area contributed by atoms with E-state index >= 15 is 0 Å². The number of piperazine rings is 1. The molecule has 2 N–H and O–H groups in total. The summed E-state index contributed by atoms with van der Waals surface area (Å²) < 4.78 is 4.98. The van der Waals surface area contributed by atoms with Gasteiger partial charge in [-0.1, -0.05) is 0 Å². The molecule has 1 aliphatic carbocycles. The second kappa shape index (κ2) is 9.34. The predicted molar refractivity (Wildman–Crippen MR) is 92.7 cm³/mol. The van der Waals surface area contributed by atoms with Gasteiger partial charge in [-0.15, -0.1) is 0 Å². The quantitative estimate of drug-likeness (QED) is 0.569. The maximum atomic E-state index is 12.2. The monoisotopic (exact) mass is 340 g/mol. The van der Waals surface area contributed by atoms with Gasteiger partial charge in [0.25, 0.3) is 0 Å². The van der Waals surface area contributed by atoms with Crippen molar-refractivity contribution in [3.63, 3.8) is 0 Å². The first kappa shape index (κ1) is 19.1. The topological polar surface area (TPSA) is 73.9 Å². The Morgan fingerprint density at radius 1 is 1.04 bits per heavy atom. The molecule has 24 heavy (non-hydrogen) atoms. The van der Waals surface area contributed by atoms with Crippen LogP contribution in [-0.2, 0) is 14.3 Å². The molecule has 2 rings (SSSR count). The largest absolute Gasteiger partial charge is 0.385 e. The molecule has 1 aliphatic heterocycles. The zero-order valence-electron chi connectivity index (χ0n) is 15.2. The molecule has 2 unspecified atom stereocenters. The van der Waals surface area contributed by atoms with Crippen LogP contribution < -0.4 is 10.6 Å². The lowest BCUT2D eigenvalue weighted by atomic mass is 10.1. The summed E-state index contributed by atoms with van der Waals surface area (Å²) in [7, 11) is 1.66. The van der Waals surface area contributed by atoms with E-state index in [4.69, 9.17) is 4.74 Å². The Labute approximate surface area is 145 Å². The van der Waals surface area contributed by atoms with Crippen LogP contribution in [0.25, 0.3) is 0 Å². The number of carbonyl (C=O) groups excluding carboxylic acids is 2. The minimum Gasteiger partial charge on any atom is -0.385 e. The standard InChI is InChI=1S/C17H32N4O3/c1-13(16(22)18-7-4-12-24-3)20-8-10-21(11-9-20)14(2)17(23)19-15-5-6-15/h13-15H,4-12H2,1-3H3,(H,18,22)(H,19,23). The summed E-state index contributed by atoms with van der Waals surface area (Å²) in [4.78, 5) is 28.7. The Morgan fingerprint density at radius 2 is 1.58 bits per heavy atom. The summed E-state index contributed by atoms with van der Waals surface area (Å²) >= 11 is 0. The number of nitrogens with zero attached hydrogens (tertiary/aromatic N) is 2. The van der Waals surface area contributed by atoms with Crippen LogP contribution in [0.5, 0.6) is 0 Å². The minimum absolute atomic E-state index is 0.0686. The molecule has 1 saturated carbocycles. The van der Waals surface area contributed by atoms with Gasteiger partial charge < -0.3 is 15.4 Å². The molecule has 1 saturated heterocycles. The van der Waals surface area contributed by atoms with Gasteiger partial charge in [0.05, 0.1) is 12.1 Å². The molecule has 0 aromatic carbocycles. The fourth-order valence-corrected chi connectivity index (χ4v) is 2.97. The Bertz CT molecular complexity index is 420. The number of methoxy groups -OCH3 is 1. The number of amides is 2. The van der Waals surface area contributed by atoms with E-state index in [9.17, 15) is 9.59 Å². The third-order valence-electron chi connectivity index (χ3n) is 4.95. The SMILES string of the molecule is COCCCNC(=O)C(C)N1CCN(C(C)C(=O)NC2CC2)CC1. The van der Waals surface area contributed by atoms with Gasteiger partial charge in [0.2, 0.25) is 11.8 Å². The van der Waals surface area contributed by atoms with Crippen LogP contribution in [0.15, 0.2) is 0 Å². The average molecular weight is 340 g/mol. The van der Waals surface area contributed by atoms with E-state index < -0.39 is 0 Å². The van der Waals surface area contributed by atoms with Gasteiger partial charge in [-0.2, -0.15) is 0 Å². The first-order valence-corrected chi connectivity index (χ1v) is 9.08. The summed E-state index contributed by atoms with van der Waals surface area (Å²) in [6, 6.07) is 0.180. The minimum atomic E-state index is -0.134. The second-order valence-electron chi connectivity index (χ2n) is 6.84. The third-order valence-corrected chi connectivity index (χ3v) is 4.95. The van der Waals surface area contributed by atoms with Crippen LogP contribution in [0.1, 0.15) is 33.1 Å². The van der Waals surface area contributed by atoms with Gasteiger partial charge >= 0.3 is 0 Å². The van der Waals surface area contributed by atoms with Crippen LogP contribution in [0.4, 0.5) is 0 Å². The van der Waals surface area contributed by atoms with E-state index in [2.05, 4.69) is 20.4 Å². The van der Waals surface area contributed by atoms with Crippen LogP contribution >= 0.6 is 0 Å². The first-order chi connectivity index (χ1) is 11.5. The smallest absolute Gasteiger partial charge is 0.237 e.